The second-order valence-electron chi connectivity index (χ2n) is 5.71. The molecule has 0 radical (unpaired) electrons. The summed E-state index contributed by atoms with van der Waals surface area (Å²) in [7, 11) is 0. The second kappa shape index (κ2) is 8.30. The Balaban J connectivity index is 2.01. The number of rotatable bonds is 4. The number of carbonyl (C=O) groups excluding carboxylic acids is 2. The smallest absolute Gasteiger partial charge is 0.270 e. The van der Waals surface area contributed by atoms with Crippen LogP contribution < -0.4 is 15.0 Å². The fourth-order valence-electron chi connectivity index (χ4n) is 2.60. The molecule has 0 aliphatic carbocycles. The molecule has 1 saturated heterocycles. The highest BCUT2D eigenvalue weighted by molar-refractivity contribution is 9.10. The number of benzene rings is 2. The van der Waals surface area contributed by atoms with Crippen LogP contribution in [0, 0.1) is 0 Å². The monoisotopic (exact) mass is 480 g/mol. The Morgan fingerprint density at radius 1 is 1.29 bits per heavy atom. The van der Waals surface area contributed by atoms with Crippen molar-refractivity contribution in [2.24, 2.45) is 0 Å². The lowest BCUT2D eigenvalue weighted by atomic mass is 10.1. The third-order valence-corrected chi connectivity index (χ3v) is 4.90. The first-order valence-electron chi connectivity index (χ1n) is 8.14. The molecule has 0 atom stereocenters. The number of thiocarbonyl (C=S) groups is 1. The van der Waals surface area contributed by atoms with Crippen LogP contribution in [0.2, 0.25) is 5.02 Å². The average molecular weight is 482 g/mol. The van der Waals surface area contributed by atoms with Gasteiger partial charge >= 0.3 is 0 Å². The number of carbonyl (C=O) groups is 2. The number of hydrogen-bond acceptors (Lipinski definition) is 5. The van der Waals surface area contributed by atoms with Crippen molar-refractivity contribution in [3.8, 4) is 11.5 Å². The van der Waals surface area contributed by atoms with Crippen molar-refractivity contribution in [1.29, 1.82) is 0 Å². The van der Waals surface area contributed by atoms with E-state index in [1.54, 1.807) is 30.3 Å². The standard InChI is InChI=1S/C19H14BrClN2O4S/c1-2-27-13-5-3-12(4-6-13)23-18(26)14(17(25)22-19(23)28)8-10-7-11(20)9-15(21)16(10)24/h3-9,24H,2H2,1H3,(H,22,25,28)/b14-8+. The maximum absolute atomic E-state index is 13.0. The number of ether oxygens (including phenoxy) is 1. The van der Waals surface area contributed by atoms with Gasteiger partial charge in [0.15, 0.2) is 5.11 Å². The lowest BCUT2D eigenvalue weighted by Gasteiger charge is -2.29. The predicted octanol–water partition coefficient (Wildman–Crippen LogP) is 4.04. The molecule has 1 aliphatic heterocycles. The van der Waals surface area contributed by atoms with E-state index in [1.807, 2.05) is 6.92 Å². The zero-order valence-corrected chi connectivity index (χ0v) is 17.7. The molecule has 2 N–H and O–H groups in total. The van der Waals surface area contributed by atoms with E-state index in [9.17, 15) is 14.7 Å². The maximum Gasteiger partial charge on any atom is 0.270 e. The predicted molar refractivity (Wildman–Crippen MR) is 115 cm³/mol. The van der Waals surface area contributed by atoms with Crippen LogP contribution in [0.15, 0.2) is 46.4 Å². The molecule has 9 heteroatoms. The fraction of sp³-hybridized carbons (Fsp3) is 0.105. The first-order chi connectivity index (χ1) is 13.3. The van der Waals surface area contributed by atoms with E-state index in [4.69, 9.17) is 28.6 Å². The molecule has 28 heavy (non-hydrogen) atoms. The Kier molecular flexibility index (Phi) is 6.02. The van der Waals surface area contributed by atoms with E-state index in [2.05, 4.69) is 21.2 Å². The van der Waals surface area contributed by atoms with E-state index < -0.39 is 11.8 Å². The SMILES string of the molecule is CCOc1ccc(N2C(=O)/C(=C/c3cc(Br)cc(Cl)c3O)C(=O)NC2=S)cc1. The Hall–Kier alpha value is -2.42. The second-order valence-corrected chi connectivity index (χ2v) is 7.42. The Morgan fingerprint density at radius 2 is 1.96 bits per heavy atom. The summed E-state index contributed by atoms with van der Waals surface area (Å²) in [5, 5.41) is 12.7. The van der Waals surface area contributed by atoms with Crippen LogP contribution in [0.5, 0.6) is 11.5 Å². The summed E-state index contributed by atoms with van der Waals surface area (Å²) in [6, 6.07) is 9.78. The quantitative estimate of drug-likeness (QED) is 0.391. The number of nitrogens with one attached hydrogen (secondary N) is 1. The molecular weight excluding hydrogens is 468 g/mol. The van der Waals surface area contributed by atoms with Gasteiger partial charge in [-0.25, -0.2) is 0 Å². The summed E-state index contributed by atoms with van der Waals surface area (Å²) in [6.45, 7) is 2.38. The van der Waals surface area contributed by atoms with Gasteiger partial charge < -0.3 is 9.84 Å². The summed E-state index contributed by atoms with van der Waals surface area (Å²) < 4.78 is 5.98. The molecule has 0 unspecified atom stereocenters. The molecule has 1 heterocycles. The van der Waals surface area contributed by atoms with Crippen LogP contribution in [0.4, 0.5) is 5.69 Å². The number of phenolic OH excluding ortho intramolecular Hbond substituents is 1. The number of halogens is 2. The van der Waals surface area contributed by atoms with Crippen molar-refractivity contribution in [2.75, 3.05) is 11.5 Å². The summed E-state index contributed by atoms with van der Waals surface area (Å²) in [5.74, 6) is -0.866. The molecule has 2 amide bonds. The van der Waals surface area contributed by atoms with Gasteiger partial charge in [-0.1, -0.05) is 27.5 Å². The third kappa shape index (κ3) is 4.04. The van der Waals surface area contributed by atoms with Gasteiger partial charge in [0.25, 0.3) is 11.8 Å². The molecular formula is C19H14BrClN2O4S. The molecule has 0 spiro atoms. The molecule has 0 bridgehead atoms. The van der Waals surface area contributed by atoms with E-state index in [0.717, 1.165) is 0 Å². The van der Waals surface area contributed by atoms with Gasteiger partial charge in [0.1, 0.15) is 17.1 Å². The summed E-state index contributed by atoms with van der Waals surface area (Å²) in [6.07, 6.45) is 1.27. The van der Waals surface area contributed by atoms with Gasteiger partial charge in [-0.2, -0.15) is 0 Å². The number of aromatic hydroxyl groups is 1. The molecule has 1 fully saturated rings. The van der Waals surface area contributed by atoms with Gasteiger partial charge in [-0.15, -0.1) is 0 Å². The van der Waals surface area contributed by atoms with Gasteiger partial charge in [-0.05, 0) is 61.6 Å². The number of amides is 2. The van der Waals surface area contributed by atoms with Crippen LogP contribution in [0.1, 0.15) is 12.5 Å². The summed E-state index contributed by atoms with van der Waals surface area (Å²) >= 11 is 14.4. The van der Waals surface area contributed by atoms with Gasteiger partial charge in [-0.3, -0.25) is 19.8 Å². The topological polar surface area (TPSA) is 78.9 Å². The lowest BCUT2D eigenvalue weighted by Crippen LogP contribution is -2.54. The minimum atomic E-state index is -0.660. The first kappa shape index (κ1) is 20.3. The largest absolute Gasteiger partial charge is 0.506 e. The van der Waals surface area contributed by atoms with E-state index >= 15 is 0 Å². The molecule has 1 aliphatic rings. The Morgan fingerprint density at radius 3 is 2.61 bits per heavy atom. The molecule has 6 nitrogen and oxygen atoms in total. The lowest BCUT2D eigenvalue weighted by molar-refractivity contribution is -0.122. The van der Waals surface area contributed by atoms with Crippen molar-refractivity contribution < 1.29 is 19.4 Å². The Labute approximate surface area is 179 Å². The summed E-state index contributed by atoms with van der Waals surface area (Å²) in [5.41, 5.74) is 0.505. The van der Waals surface area contributed by atoms with Crippen LogP contribution in [-0.4, -0.2) is 28.6 Å². The normalized spacial score (nSPS) is 15.8. The van der Waals surface area contributed by atoms with Crippen molar-refractivity contribution in [3.63, 3.8) is 0 Å². The zero-order chi connectivity index (χ0) is 20.4. The van der Waals surface area contributed by atoms with Crippen molar-refractivity contribution in [1.82, 2.24) is 5.32 Å². The van der Waals surface area contributed by atoms with Gasteiger partial charge in [0, 0.05) is 10.0 Å². The molecule has 0 aromatic heterocycles. The van der Waals surface area contributed by atoms with Gasteiger partial charge in [0.2, 0.25) is 0 Å². The molecule has 2 aromatic rings. The third-order valence-electron chi connectivity index (χ3n) is 3.87. The fourth-order valence-corrected chi connectivity index (χ4v) is 3.72. The van der Waals surface area contributed by atoms with Gasteiger partial charge in [0.05, 0.1) is 17.3 Å². The minimum absolute atomic E-state index is 0.0344. The number of nitrogens with zero attached hydrogens (tertiary/aromatic N) is 1. The summed E-state index contributed by atoms with van der Waals surface area (Å²) in [4.78, 5) is 26.6. The highest BCUT2D eigenvalue weighted by Gasteiger charge is 2.34. The van der Waals surface area contributed by atoms with Crippen LogP contribution in [0.3, 0.4) is 0 Å². The molecule has 3 rings (SSSR count). The maximum atomic E-state index is 13.0. The highest BCUT2D eigenvalue weighted by atomic mass is 79.9. The van der Waals surface area contributed by atoms with Crippen molar-refractivity contribution in [3.05, 3.63) is 57.0 Å². The minimum Gasteiger partial charge on any atom is -0.506 e. The van der Waals surface area contributed by atoms with Crippen LogP contribution in [0.25, 0.3) is 6.08 Å². The van der Waals surface area contributed by atoms with E-state index in [0.29, 0.717) is 22.5 Å². The first-order valence-corrected chi connectivity index (χ1v) is 9.72. The molecule has 0 saturated carbocycles. The van der Waals surface area contributed by atoms with Crippen molar-refractivity contribution >= 4 is 68.4 Å². The zero-order valence-electron chi connectivity index (χ0n) is 14.5. The average Bonchev–Trinajstić information content (AvgIpc) is 2.64. The van der Waals surface area contributed by atoms with Crippen LogP contribution in [-0.2, 0) is 9.59 Å². The molecule has 2 aromatic carbocycles. The Bertz CT molecular complexity index is 1010. The number of hydrogen-bond donors (Lipinski definition) is 2. The molecule has 144 valence electrons. The van der Waals surface area contributed by atoms with E-state index in [1.165, 1.54) is 17.0 Å². The number of phenols is 1. The van der Waals surface area contributed by atoms with Crippen molar-refractivity contribution in [2.45, 2.75) is 6.92 Å². The number of anilines is 1. The highest BCUT2D eigenvalue weighted by Crippen LogP contribution is 2.33. The van der Waals surface area contributed by atoms with Crippen LogP contribution >= 0.6 is 39.7 Å². The van der Waals surface area contributed by atoms with E-state index in [-0.39, 0.29) is 27.0 Å².